The number of carboxylic acids is 3. The molecule has 4 atom stereocenters. The predicted octanol–water partition coefficient (Wildman–Crippen LogP) is -2.28. The number of nitrogens with one attached hydrogen (secondary N) is 2. The van der Waals surface area contributed by atoms with Gasteiger partial charge in [0.15, 0.2) is 0 Å². The first-order chi connectivity index (χ1) is 13.9. The van der Waals surface area contributed by atoms with Crippen molar-refractivity contribution in [3.63, 3.8) is 0 Å². The van der Waals surface area contributed by atoms with Crippen molar-refractivity contribution >= 4 is 35.6 Å². The quantitative estimate of drug-likeness (QED) is 0.206. The van der Waals surface area contributed by atoms with Gasteiger partial charge in [0.05, 0.1) is 12.5 Å². The van der Waals surface area contributed by atoms with E-state index in [4.69, 9.17) is 21.1 Å². The van der Waals surface area contributed by atoms with Gasteiger partial charge in [0, 0.05) is 13.0 Å². The molecule has 0 aromatic heterocycles. The number of carboxylic acid groups (broad SMARTS) is 3. The lowest BCUT2D eigenvalue weighted by Crippen LogP contribution is -2.56. The third-order valence-corrected chi connectivity index (χ3v) is 4.57. The molecule has 7 N–H and O–H groups in total. The van der Waals surface area contributed by atoms with Crippen molar-refractivity contribution in [2.24, 2.45) is 5.73 Å². The fourth-order valence-corrected chi connectivity index (χ4v) is 2.95. The molecule has 1 fully saturated rings. The minimum atomic E-state index is -1.55. The Labute approximate surface area is 171 Å². The standard InChI is InChI=1S/C17H26N4O9/c1-8(17(29)30)19-14(26)10(7-13(24)25)20-15(27)11-3-2-6-21(11)16(28)9(18)4-5-12(22)23/h8-11H,2-7,18H2,1H3,(H,19,26)(H,20,27)(H,22,23)(H,24,25)(H,29,30). The molecule has 0 spiro atoms. The van der Waals surface area contributed by atoms with Crippen molar-refractivity contribution in [3.8, 4) is 0 Å². The third kappa shape index (κ3) is 7.31. The monoisotopic (exact) mass is 430 g/mol. The van der Waals surface area contributed by atoms with Gasteiger partial charge in [-0.15, -0.1) is 0 Å². The summed E-state index contributed by atoms with van der Waals surface area (Å²) in [7, 11) is 0. The molecule has 0 aliphatic carbocycles. The molecule has 168 valence electrons. The van der Waals surface area contributed by atoms with Crippen LogP contribution in [0.4, 0.5) is 0 Å². The highest BCUT2D eigenvalue weighted by Crippen LogP contribution is 2.19. The van der Waals surface area contributed by atoms with Gasteiger partial charge in [-0.2, -0.15) is 0 Å². The number of amides is 3. The number of nitrogens with zero attached hydrogens (tertiary/aromatic N) is 1. The van der Waals surface area contributed by atoms with Crippen LogP contribution in [0.25, 0.3) is 0 Å². The zero-order chi connectivity index (χ0) is 23.0. The SMILES string of the molecule is CC(NC(=O)C(CC(=O)O)NC(=O)C1CCCN1C(=O)C(N)CCC(=O)O)C(=O)O. The van der Waals surface area contributed by atoms with Crippen molar-refractivity contribution in [2.75, 3.05) is 6.54 Å². The largest absolute Gasteiger partial charge is 0.481 e. The van der Waals surface area contributed by atoms with Crippen LogP contribution in [-0.4, -0.2) is 86.6 Å². The molecule has 4 unspecified atom stereocenters. The average molecular weight is 430 g/mol. The lowest BCUT2D eigenvalue weighted by molar-refractivity contribution is -0.145. The van der Waals surface area contributed by atoms with Crippen LogP contribution in [0, 0.1) is 0 Å². The highest BCUT2D eigenvalue weighted by molar-refractivity contribution is 5.95. The van der Waals surface area contributed by atoms with Crippen molar-refractivity contribution < 1.29 is 44.1 Å². The number of carbonyl (C=O) groups is 6. The number of hydrogen-bond donors (Lipinski definition) is 6. The van der Waals surface area contributed by atoms with Crippen molar-refractivity contribution in [2.45, 2.75) is 63.2 Å². The molecule has 1 aliphatic rings. The van der Waals surface area contributed by atoms with E-state index in [9.17, 15) is 28.8 Å². The summed E-state index contributed by atoms with van der Waals surface area (Å²) in [6, 6.07) is -4.98. The summed E-state index contributed by atoms with van der Waals surface area (Å²) in [6.45, 7) is 1.37. The number of likely N-dealkylation sites (tertiary alicyclic amines) is 1. The highest BCUT2D eigenvalue weighted by Gasteiger charge is 2.38. The van der Waals surface area contributed by atoms with E-state index >= 15 is 0 Å². The maximum atomic E-state index is 12.6. The minimum Gasteiger partial charge on any atom is -0.481 e. The van der Waals surface area contributed by atoms with Crippen molar-refractivity contribution in [1.82, 2.24) is 15.5 Å². The van der Waals surface area contributed by atoms with E-state index in [-0.39, 0.29) is 25.8 Å². The first-order valence-electron chi connectivity index (χ1n) is 9.27. The Balaban J connectivity index is 2.84. The van der Waals surface area contributed by atoms with E-state index in [0.717, 1.165) is 0 Å². The molecular weight excluding hydrogens is 404 g/mol. The molecule has 1 heterocycles. The van der Waals surface area contributed by atoms with Gasteiger partial charge in [-0.05, 0) is 26.2 Å². The molecule has 3 amide bonds. The van der Waals surface area contributed by atoms with Crippen LogP contribution in [-0.2, 0) is 28.8 Å². The molecule has 1 aliphatic heterocycles. The van der Waals surface area contributed by atoms with Gasteiger partial charge >= 0.3 is 17.9 Å². The van der Waals surface area contributed by atoms with Gasteiger partial charge < -0.3 is 36.6 Å². The molecule has 13 heteroatoms. The number of nitrogens with two attached hydrogens (primary N) is 1. The lowest BCUT2D eigenvalue weighted by Gasteiger charge is -2.28. The molecule has 0 aromatic carbocycles. The Hall–Kier alpha value is -3.22. The predicted molar refractivity (Wildman–Crippen MR) is 99.0 cm³/mol. The number of hydrogen-bond acceptors (Lipinski definition) is 7. The fraction of sp³-hybridized carbons (Fsp3) is 0.647. The van der Waals surface area contributed by atoms with Gasteiger partial charge in [0.1, 0.15) is 18.1 Å². The Kier molecular flexibility index (Phi) is 9.17. The molecule has 13 nitrogen and oxygen atoms in total. The number of aliphatic carboxylic acids is 3. The van der Waals surface area contributed by atoms with Gasteiger partial charge in [-0.3, -0.25) is 28.8 Å². The topological polar surface area (TPSA) is 216 Å². The zero-order valence-corrected chi connectivity index (χ0v) is 16.4. The summed E-state index contributed by atoms with van der Waals surface area (Å²) in [5.41, 5.74) is 5.72. The summed E-state index contributed by atoms with van der Waals surface area (Å²) >= 11 is 0. The molecule has 1 saturated heterocycles. The van der Waals surface area contributed by atoms with Crippen LogP contribution < -0.4 is 16.4 Å². The normalized spacial score (nSPS) is 18.7. The molecule has 0 saturated carbocycles. The van der Waals surface area contributed by atoms with Gasteiger partial charge in [-0.25, -0.2) is 0 Å². The molecule has 0 bridgehead atoms. The van der Waals surface area contributed by atoms with E-state index in [2.05, 4.69) is 10.6 Å². The maximum absolute atomic E-state index is 12.6. The Bertz CT molecular complexity index is 711. The minimum absolute atomic E-state index is 0.115. The van der Waals surface area contributed by atoms with E-state index in [1.54, 1.807) is 0 Å². The van der Waals surface area contributed by atoms with Crippen LogP contribution in [0.5, 0.6) is 0 Å². The van der Waals surface area contributed by atoms with Crippen LogP contribution in [0.3, 0.4) is 0 Å². The third-order valence-electron chi connectivity index (χ3n) is 4.57. The second-order valence-corrected chi connectivity index (χ2v) is 6.96. The van der Waals surface area contributed by atoms with Crippen LogP contribution in [0.1, 0.15) is 39.0 Å². The lowest BCUT2D eigenvalue weighted by atomic mass is 10.1. The number of carbonyl (C=O) groups excluding carboxylic acids is 3. The Morgan fingerprint density at radius 3 is 2.23 bits per heavy atom. The van der Waals surface area contributed by atoms with E-state index < -0.39 is 66.2 Å². The summed E-state index contributed by atoms with van der Waals surface area (Å²) in [5, 5.41) is 30.9. The summed E-state index contributed by atoms with van der Waals surface area (Å²) in [4.78, 5) is 71.1. The summed E-state index contributed by atoms with van der Waals surface area (Å²) in [5.74, 6) is -6.25. The van der Waals surface area contributed by atoms with Crippen LogP contribution >= 0.6 is 0 Å². The second kappa shape index (κ2) is 11.1. The summed E-state index contributed by atoms with van der Waals surface area (Å²) < 4.78 is 0. The van der Waals surface area contributed by atoms with Gasteiger partial charge in [0.25, 0.3) is 0 Å². The Morgan fingerprint density at radius 2 is 1.70 bits per heavy atom. The highest BCUT2D eigenvalue weighted by atomic mass is 16.4. The number of rotatable bonds is 11. The van der Waals surface area contributed by atoms with Gasteiger partial charge in [-0.1, -0.05) is 0 Å². The fourth-order valence-electron chi connectivity index (χ4n) is 2.95. The van der Waals surface area contributed by atoms with Crippen LogP contribution in [0.2, 0.25) is 0 Å². The molecule has 1 rings (SSSR count). The first-order valence-corrected chi connectivity index (χ1v) is 9.27. The van der Waals surface area contributed by atoms with Crippen molar-refractivity contribution in [1.29, 1.82) is 0 Å². The second-order valence-electron chi connectivity index (χ2n) is 6.96. The molecule has 30 heavy (non-hydrogen) atoms. The maximum Gasteiger partial charge on any atom is 0.325 e. The van der Waals surface area contributed by atoms with Crippen molar-refractivity contribution in [3.05, 3.63) is 0 Å². The smallest absolute Gasteiger partial charge is 0.325 e. The van der Waals surface area contributed by atoms with E-state index in [0.29, 0.717) is 6.42 Å². The molecular formula is C17H26N4O9. The van der Waals surface area contributed by atoms with E-state index in [1.165, 1.54) is 11.8 Å². The zero-order valence-electron chi connectivity index (χ0n) is 16.4. The van der Waals surface area contributed by atoms with Crippen LogP contribution in [0.15, 0.2) is 0 Å². The Morgan fingerprint density at radius 1 is 1.07 bits per heavy atom. The molecule has 0 aromatic rings. The van der Waals surface area contributed by atoms with E-state index in [1.807, 2.05) is 0 Å². The van der Waals surface area contributed by atoms with Gasteiger partial charge in [0.2, 0.25) is 17.7 Å². The first kappa shape index (κ1) is 24.8. The average Bonchev–Trinajstić information content (AvgIpc) is 3.14. The summed E-state index contributed by atoms with van der Waals surface area (Å²) in [6.07, 6.45) is -0.517. The molecule has 0 radical (unpaired) electrons.